The van der Waals surface area contributed by atoms with Gasteiger partial charge in [-0.05, 0) is 74.2 Å². The monoisotopic (exact) mass is 404 g/mol. The summed E-state index contributed by atoms with van der Waals surface area (Å²) in [5.41, 5.74) is -0.967. The number of carbonyl (C=O) groups is 1. The van der Waals surface area contributed by atoms with Gasteiger partial charge in [0.05, 0.1) is 22.7 Å². The second-order valence-corrected chi connectivity index (χ2v) is 11.0. The molecule has 4 unspecified atom stereocenters. The number of ether oxygens (including phenoxy) is 2. The highest BCUT2D eigenvalue weighted by Crippen LogP contribution is 2.75. The van der Waals surface area contributed by atoms with Gasteiger partial charge in [0, 0.05) is 18.4 Å². The molecule has 6 heteroatoms. The Bertz CT molecular complexity index is 794. The molecule has 2 heterocycles. The average Bonchev–Trinajstić information content (AvgIpc) is 3.29. The topological polar surface area (TPSA) is 96.2 Å². The predicted molar refractivity (Wildman–Crippen MR) is 102 cm³/mol. The van der Waals surface area contributed by atoms with Crippen molar-refractivity contribution in [3.63, 3.8) is 0 Å². The van der Waals surface area contributed by atoms with Gasteiger partial charge in [-0.25, -0.2) is 4.79 Å². The summed E-state index contributed by atoms with van der Waals surface area (Å²) in [7, 11) is 0. The first-order valence-electron chi connectivity index (χ1n) is 11.4. The molecule has 0 aromatic rings. The van der Waals surface area contributed by atoms with Crippen LogP contribution in [0.2, 0.25) is 0 Å². The van der Waals surface area contributed by atoms with E-state index in [-0.39, 0.29) is 17.3 Å². The Labute approximate surface area is 171 Å². The Balaban J connectivity index is 1.40. The zero-order chi connectivity index (χ0) is 20.2. The molecule has 2 bridgehead atoms. The van der Waals surface area contributed by atoms with Gasteiger partial charge in [0.1, 0.15) is 6.61 Å². The summed E-state index contributed by atoms with van der Waals surface area (Å²) in [6, 6.07) is 0. The highest BCUT2D eigenvalue weighted by Gasteiger charge is 2.79. The Morgan fingerprint density at radius 2 is 1.86 bits per heavy atom. The summed E-state index contributed by atoms with van der Waals surface area (Å²) in [5.74, 6) is 0.527. The van der Waals surface area contributed by atoms with Crippen molar-refractivity contribution >= 4 is 5.97 Å². The molecular weight excluding hydrogens is 372 g/mol. The molecule has 9 atom stereocenters. The van der Waals surface area contributed by atoms with E-state index in [2.05, 4.69) is 6.92 Å². The summed E-state index contributed by atoms with van der Waals surface area (Å²) in [5, 5.41) is 33.1. The van der Waals surface area contributed by atoms with Crippen LogP contribution in [0.4, 0.5) is 0 Å². The van der Waals surface area contributed by atoms with E-state index >= 15 is 0 Å². The number of fused-ring (bicyclic) bond motifs is 1. The Morgan fingerprint density at radius 1 is 1.03 bits per heavy atom. The molecule has 0 aromatic heterocycles. The Kier molecular flexibility index (Phi) is 3.65. The first kappa shape index (κ1) is 18.8. The fourth-order valence-corrected chi connectivity index (χ4v) is 9.19. The number of hydrogen-bond acceptors (Lipinski definition) is 6. The molecule has 0 amide bonds. The molecule has 6 aliphatic rings. The summed E-state index contributed by atoms with van der Waals surface area (Å²) < 4.78 is 11.8. The zero-order valence-corrected chi connectivity index (χ0v) is 17.1. The Morgan fingerprint density at radius 3 is 2.62 bits per heavy atom. The molecule has 3 N–H and O–H groups in total. The van der Waals surface area contributed by atoms with E-state index in [1.165, 1.54) is 0 Å². The molecule has 6 nitrogen and oxygen atoms in total. The van der Waals surface area contributed by atoms with Crippen LogP contribution in [-0.2, 0) is 14.3 Å². The minimum absolute atomic E-state index is 0.0190. The molecule has 5 fully saturated rings. The van der Waals surface area contributed by atoms with Crippen LogP contribution in [0.3, 0.4) is 0 Å². The van der Waals surface area contributed by atoms with Gasteiger partial charge in [-0.1, -0.05) is 6.92 Å². The largest absolute Gasteiger partial charge is 0.458 e. The van der Waals surface area contributed by atoms with Crippen LogP contribution >= 0.6 is 0 Å². The zero-order valence-electron chi connectivity index (χ0n) is 17.1. The lowest BCUT2D eigenvalue weighted by atomic mass is 9.42. The molecular formula is C23H32O6. The lowest BCUT2D eigenvalue weighted by molar-refractivity contribution is -0.231. The molecule has 4 aliphatic carbocycles. The second-order valence-electron chi connectivity index (χ2n) is 11.0. The average molecular weight is 405 g/mol. The van der Waals surface area contributed by atoms with Gasteiger partial charge in [0.25, 0.3) is 0 Å². The number of aliphatic hydroxyl groups excluding tert-OH is 2. The number of cyclic esters (lactones) is 1. The first-order chi connectivity index (χ1) is 13.8. The maximum Gasteiger partial charge on any atom is 0.331 e. The van der Waals surface area contributed by atoms with Crippen LogP contribution in [0.5, 0.6) is 0 Å². The van der Waals surface area contributed by atoms with Crippen LogP contribution in [0, 0.1) is 28.6 Å². The fourth-order valence-electron chi connectivity index (χ4n) is 9.19. The van der Waals surface area contributed by atoms with E-state index in [4.69, 9.17) is 9.47 Å². The van der Waals surface area contributed by atoms with Crippen molar-refractivity contribution in [1.82, 2.24) is 0 Å². The minimum atomic E-state index is -1.05. The van der Waals surface area contributed by atoms with Gasteiger partial charge < -0.3 is 24.8 Å². The second kappa shape index (κ2) is 5.64. The maximum absolute atomic E-state index is 11.7. The summed E-state index contributed by atoms with van der Waals surface area (Å²) in [4.78, 5) is 11.7. The number of hydrogen-bond donors (Lipinski definition) is 3. The quantitative estimate of drug-likeness (QED) is 0.579. The van der Waals surface area contributed by atoms with Crippen LogP contribution in [-0.4, -0.2) is 51.5 Å². The SMILES string of the molecule is C[C@]12CCC3C4(CC[C@]5(O)C[C@@H](O)CC[C@]35C(O)O4)C1CC[C@@H]2C1=CC(=O)OC1. The highest BCUT2D eigenvalue weighted by atomic mass is 16.6. The fraction of sp³-hybridized carbons (Fsp3) is 0.870. The molecule has 1 spiro atoms. The highest BCUT2D eigenvalue weighted by molar-refractivity contribution is 5.85. The number of esters is 1. The van der Waals surface area contributed by atoms with E-state index in [1.54, 1.807) is 6.08 Å². The molecule has 0 aromatic carbocycles. The lowest BCUT2D eigenvalue weighted by Crippen LogP contribution is -2.67. The standard InChI is InChI=1S/C23H32O6/c1-20-6-5-17-22-7-4-14(24)11-21(22,27)8-9-23(17,29-19(22)26)16(20)3-2-15(20)13-10-18(25)28-12-13/h10,14-17,19,24,26-27H,2-9,11-12H2,1H3/t14-,15+,16?,17?,19?,20+,21-,22+,23?/m0/s1. The first-order valence-corrected chi connectivity index (χ1v) is 11.4. The van der Waals surface area contributed by atoms with E-state index in [1.807, 2.05) is 0 Å². The van der Waals surface area contributed by atoms with Gasteiger partial charge in [-0.15, -0.1) is 0 Å². The van der Waals surface area contributed by atoms with Crippen LogP contribution in [0.15, 0.2) is 11.6 Å². The van der Waals surface area contributed by atoms with E-state index in [9.17, 15) is 20.1 Å². The summed E-state index contributed by atoms with van der Waals surface area (Å²) in [6.45, 7) is 2.75. The number of carbonyl (C=O) groups excluding carboxylic acids is 1. The molecule has 1 saturated heterocycles. The van der Waals surface area contributed by atoms with Crippen molar-refractivity contribution in [2.75, 3.05) is 6.61 Å². The van der Waals surface area contributed by atoms with Crippen molar-refractivity contribution in [3.05, 3.63) is 11.6 Å². The predicted octanol–water partition coefficient (Wildman–Crippen LogP) is 2.06. The van der Waals surface area contributed by atoms with Gasteiger partial charge >= 0.3 is 5.97 Å². The van der Waals surface area contributed by atoms with Crippen molar-refractivity contribution in [3.8, 4) is 0 Å². The molecule has 4 saturated carbocycles. The van der Waals surface area contributed by atoms with Gasteiger partial charge in [0.2, 0.25) is 0 Å². The third kappa shape index (κ3) is 2.05. The van der Waals surface area contributed by atoms with Gasteiger partial charge in [-0.2, -0.15) is 0 Å². The molecule has 2 aliphatic heterocycles. The van der Waals surface area contributed by atoms with Crippen molar-refractivity contribution in [2.45, 2.75) is 88.3 Å². The van der Waals surface area contributed by atoms with E-state index < -0.39 is 29.0 Å². The van der Waals surface area contributed by atoms with Crippen LogP contribution < -0.4 is 0 Å². The van der Waals surface area contributed by atoms with E-state index in [0.717, 1.165) is 37.7 Å². The molecule has 0 radical (unpaired) electrons. The minimum Gasteiger partial charge on any atom is -0.458 e. The van der Waals surface area contributed by atoms with Crippen LogP contribution in [0.1, 0.15) is 64.7 Å². The molecule has 6 rings (SSSR count). The lowest BCUT2D eigenvalue weighted by Gasteiger charge is -2.63. The smallest absolute Gasteiger partial charge is 0.331 e. The third-order valence-corrected chi connectivity index (χ3v) is 10.3. The normalized spacial score (nSPS) is 58.3. The van der Waals surface area contributed by atoms with Crippen molar-refractivity contribution < 1.29 is 29.6 Å². The molecule has 160 valence electrons. The number of rotatable bonds is 1. The third-order valence-electron chi connectivity index (χ3n) is 10.3. The Hall–Kier alpha value is -0.950. The summed E-state index contributed by atoms with van der Waals surface area (Å²) in [6.07, 6.45) is 7.10. The van der Waals surface area contributed by atoms with Gasteiger partial charge in [-0.3, -0.25) is 0 Å². The van der Waals surface area contributed by atoms with Crippen LogP contribution in [0.25, 0.3) is 0 Å². The van der Waals surface area contributed by atoms with Crippen molar-refractivity contribution in [1.29, 1.82) is 0 Å². The number of aliphatic hydroxyl groups is 3. The van der Waals surface area contributed by atoms with Crippen molar-refractivity contribution in [2.24, 2.45) is 28.6 Å². The summed E-state index contributed by atoms with van der Waals surface area (Å²) >= 11 is 0. The van der Waals surface area contributed by atoms with E-state index in [0.29, 0.717) is 44.1 Å². The van der Waals surface area contributed by atoms with Gasteiger partial charge in [0.15, 0.2) is 6.29 Å². The molecule has 29 heavy (non-hydrogen) atoms. The maximum atomic E-state index is 11.7.